The molecule has 2 aromatic rings. The Morgan fingerprint density at radius 2 is 1.90 bits per heavy atom. The average molecular weight is 335 g/mol. The molecule has 0 amide bonds. The van der Waals surface area contributed by atoms with E-state index in [1.54, 1.807) is 13.3 Å². The first-order valence-corrected chi connectivity index (χ1v) is 7.30. The third-order valence-electron chi connectivity index (χ3n) is 3.19. The zero-order valence-corrected chi connectivity index (χ0v) is 13.8. The quantitative estimate of drug-likeness (QED) is 0.900. The molecule has 0 unspecified atom stereocenters. The summed E-state index contributed by atoms with van der Waals surface area (Å²) in [5, 5.41) is 3.37. The Bertz CT molecular complexity index is 626. The van der Waals surface area contributed by atoms with Gasteiger partial charge in [0.05, 0.1) is 7.11 Å². The number of nitrogens with zero attached hydrogens (tertiary/aromatic N) is 1. The first-order chi connectivity index (χ1) is 9.51. The minimum absolute atomic E-state index is 0.696. The van der Waals surface area contributed by atoms with Crippen molar-refractivity contribution < 1.29 is 4.74 Å². The second kappa shape index (κ2) is 6.27. The van der Waals surface area contributed by atoms with Crippen molar-refractivity contribution in [1.29, 1.82) is 0 Å². The van der Waals surface area contributed by atoms with E-state index in [2.05, 4.69) is 52.2 Å². The monoisotopic (exact) mass is 334 g/mol. The average Bonchev–Trinajstić information content (AvgIpc) is 2.37. The summed E-state index contributed by atoms with van der Waals surface area (Å²) < 4.78 is 6.49. The second-order valence-electron chi connectivity index (χ2n) is 4.95. The molecular weight excluding hydrogens is 316 g/mol. The molecular formula is C16H19BrN2O. The van der Waals surface area contributed by atoms with E-state index in [-0.39, 0.29) is 0 Å². The number of hydrogen-bond donors (Lipinski definition) is 1. The fraction of sp³-hybridized carbons (Fsp3) is 0.312. The van der Waals surface area contributed by atoms with Gasteiger partial charge in [-0.1, -0.05) is 17.7 Å². The van der Waals surface area contributed by atoms with Crippen molar-refractivity contribution in [3.8, 4) is 5.75 Å². The molecule has 1 N–H and O–H groups in total. The molecule has 2 rings (SSSR count). The lowest BCUT2D eigenvalue weighted by molar-refractivity contribution is 0.407. The van der Waals surface area contributed by atoms with Gasteiger partial charge in [-0.3, -0.25) is 0 Å². The highest BCUT2D eigenvalue weighted by Crippen LogP contribution is 2.26. The van der Waals surface area contributed by atoms with Crippen molar-refractivity contribution in [2.75, 3.05) is 12.4 Å². The summed E-state index contributed by atoms with van der Waals surface area (Å²) in [7, 11) is 1.71. The molecule has 0 radical (unpaired) electrons. The van der Waals surface area contributed by atoms with Gasteiger partial charge in [0.15, 0.2) is 0 Å². The maximum Gasteiger partial charge on any atom is 0.129 e. The van der Waals surface area contributed by atoms with E-state index in [1.807, 2.05) is 13.0 Å². The highest BCUT2D eigenvalue weighted by Gasteiger charge is 2.08. The fourth-order valence-corrected chi connectivity index (χ4v) is 2.82. The van der Waals surface area contributed by atoms with Gasteiger partial charge >= 0.3 is 0 Å². The molecule has 0 saturated heterocycles. The predicted molar refractivity (Wildman–Crippen MR) is 86.5 cm³/mol. The number of ether oxygens (including phenoxy) is 1. The molecule has 1 heterocycles. The molecule has 4 heteroatoms. The molecule has 106 valence electrons. The van der Waals surface area contributed by atoms with Crippen LogP contribution >= 0.6 is 15.9 Å². The lowest BCUT2D eigenvalue weighted by Gasteiger charge is -2.14. The Kier molecular flexibility index (Phi) is 4.65. The smallest absolute Gasteiger partial charge is 0.129 e. The molecule has 1 aromatic carbocycles. The van der Waals surface area contributed by atoms with Crippen LogP contribution in [0.2, 0.25) is 0 Å². The normalized spacial score (nSPS) is 10.4. The highest BCUT2D eigenvalue weighted by atomic mass is 79.9. The predicted octanol–water partition coefficient (Wildman–Crippen LogP) is 4.39. The molecule has 0 aliphatic heterocycles. The van der Waals surface area contributed by atoms with Crippen molar-refractivity contribution >= 4 is 21.7 Å². The minimum Gasteiger partial charge on any atom is -0.496 e. The summed E-state index contributed by atoms with van der Waals surface area (Å²) in [6.07, 6.45) is 1.80. The number of methoxy groups -OCH3 is 1. The Labute approximate surface area is 128 Å². The molecule has 20 heavy (non-hydrogen) atoms. The molecule has 3 nitrogen and oxygen atoms in total. The van der Waals surface area contributed by atoms with Crippen LogP contribution in [0.1, 0.15) is 22.3 Å². The molecule has 0 aliphatic carbocycles. The zero-order valence-electron chi connectivity index (χ0n) is 12.2. The van der Waals surface area contributed by atoms with Gasteiger partial charge in [-0.15, -0.1) is 0 Å². The van der Waals surface area contributed by atoms with Gasteiger partial charge in [-0.05, 0) is 53.9 Å². The molecule has 0 bridgehead atoms. The van der Waals surface area contributed by atoms with Crippen LogP contribution in [0, 0.1) is 20.8 Å². The SMILES string of the molecule is COc1c(C)cc(C)cc1CNc1ncc(Br)cc1C. The van der Waals surface area contributed by atoms with Gasteiger partial charge < -0.3 is 10.1 Å². The number of anilines is 1. The number of hydrogen-bond acceptors (Lipinski definition) is 3. The van der Waals surface area contributed by atoms with Crippen molar-refractivity contribution in [2.45, 2.75) is 27.3 Å². The first-order valence-electron chi connectivity index (χ1n) is 6.51. The zero-order chi connectivity index (χ0) is 14.7. The number of pyridine rings is 1. The Balaban J connectivity index is 2.22. The maximum atomic E-state index is 5.50. The van der Waals surface area contributed by atoms with Gasteiger partial charge in [-0.25, -0.2) is 4.98 Å². The third kappa shape index (κ3) is 3.31. The van der Waals surface area contributed by atoms with Crippen LogP contribution in [0.4, 0.5) is 5.82 Å². The summed E-state index contributed by atoms with van der Waals surface area (Å²) >= 11 is 3.42. The Morgan fingerprint density at radius 1 is 1.15 bits per heavy atom. The second-order valence-corrected chi connectivity index (χ2v) is 5.86. The largest absolute Gasteiger partial charge is 0.496 e. The number of benzene rings is 1. The van der Waals surface area contributed by atoms with E-state index < -0.39 is 0 Å². The van der Waals surface area contributed by atoms with Gasteiger partial charge in [0.25, 0.3) is 0 Å². The molecule has 0 saturated carbocycles. The van der Waals surface area contributed by atoms with Crippen LogP contribution in [-0.4, -0.2) is 12.1 Å². The van der Waals surface area contributed by atoms with Gasteiger partial charge in [0, 0.05) is 22.8 Å². The number of halogens is 1. The lowest BCUT2D eigenvalue weighted by atomic mass is 10.1. The van der Waals surface area contributed by atoms with Crippen LogP contribution in [0.25, 0.3) is 0 Å². The molecule has 1 aromatic heterocycles. The van der Waals surface area contributed by atoms with Crippen LogP contribution in [-0.2, 0) is 6.54 Å². The summed E-state index contributed by atoms with van der Waals surface area (Å²) in [4.78, 5) is 4.39. The van der Waals surface area contributed by atoms with Crippen molar-refractivity contribution in [2.24, 2.45) is 0 Å². The van der Waals surface area contributed by atoms with Crippen LogP contribution < -0.4 is 10.1 Å². The van der Waals surface area contributed by atoms with Crippen LogP contribution in [0.5, 0.6) is 5.75 Å². The lowest BCUT2D eigenvalue weighted by Crippen LogP contribution is -2.06. The maximum absolute atomic E-state index is 5.50. The van der Waals surface area contributed by atoms with E-state index in [4.69, 9.17) is 4.74 Å². The van der Waals surface area contributed by atoms with E-state index in [0.29, 0.717) is 6.54 Å². The van der Waals surface area contributed by atoms with Crippen molar-refractivity contribution in [1.82, 2.24) is 4.98 Å². The minimum atomic E-state index is 0.696. The number of aromatic nitrogens is 1. The molecule has 0 spiro atoms. The third-order valence-corrected chi connectivity index (χ3v) is 3.62. The Morgan fingerprint density at radius 3 is 2.55 bits per heavy atom. The van der Waals surface area contributed by atoms with Crippen molar-refractivity contribution in [3.05, 3.63) is 51.1 Å². The van der Waals surface area contributed by atoms with Gasteiger partial charge in [0.2, 0.25) is 0 Å². The number of aryl methyl sites for hydroxylation is 3. The summed E-state index contributed by atoms with van der Waals surface area (Å²) in [6, 6.07) is 6.33. The van der Waals surface area contributed by atoms with Gasteiger partial charge in [-0.2, -0.15) is 0 Å². The summed E-state index contributed by atoms with van der Waals surface area (Å²) in [5.74, 6) is 1.84. The van der Waals surface area contributed by atoms with E-state index in [0.717, 1.165) is 32.7 Å². The number of rotatable bonds is 4. The van der Waals surface area contributed by atoms with Crippen LogP contribution in [0.15, 0.2) is 28.9 Å². The molecule has 0 aliphatic rings. The van der Waals surface area contributed by atoms with Gasteiger partial charge in [0.1, 0.15) is 11.6 Å². The molecule has 0 fully saturated rings. The van der Waals surface area contributed by atoms with E-state index >= 15 is 0 Å². The van der Waals surface area contributed by atoms with E-state index in [9.17, 15) is 0 Å². The molecule has 0 atom stereocenters. The van der Waals surface area contributed by atoms with E-state index in [1.165, 1.54) is 5.56 Å². The van der Waals surface area contributed by atoms with Crippen molar-refractivity contribution in [3.63, 3.8) is 0 Å². The van der Waals surface area contributed by atoms with Crippen LogP contribution in [0.3, 0.4) is 0 Å². The summed E-state index contributed by atoms with van der Waals surface area (Å²) in [5.41, 5.74) is 4.65. The topological polar surface area (TPSA) is 34.1 Å². The number of nitrogens with one attached hydrogen (secondary N) is 1. The first kappa shape index (κ1) is 14.9. The summed E-state index contributed by atoms with van der Waals surface area (Å²) in [6.45, 7) is 6.90. The Hall–Kier alpha value is -1.55. The standard InChI is InChI=1S/C16H19BrN2O/c1-10-5-11(2)15(20-4)13(6-10)8-18-16-12(3)7-14(17)9-19-16/h5-7,9H,8H2,1-4H3,(H,18,19). The fourth-order valence-electron chi connectivity index (χ4n) is 2.37. The highest BCUT2D eigenvalue weighted by molar-refractivity contribution is 9.10.